The van der Waals surface area contributed by atoms with Crippen molar-refractivity contribution in [3.8, 4) is 11.5 Å². The maximum atomic E-state index is 11.8. The summed E-state index contributed by atoms with van der Waals surface area (Å²) in [7, 11) is 3.24. The summed E-state index contributed by atoms with van der Waals surface area (Å²) in [6, 6.07) is 9.33. The normalized spacial score (nSPS) is 10.0. The third kappa shape index (κ3) is 3.36. The number of aromatic carboxylic acids is 1. The molecule has 0 atom stereocenters. The summed E-state index contributed by atoms with van der Waals surface area (Å²) >= 11 is 0. The van der Waals surface area contributed by atoms with Gasteiger partial charge < -0.3 is 14.7 Å². The molecule has 1 aromatic heterocycles. The van der Waals surface area contributed by atoms with Gasteiger partial charge in [-0.3, -0.25) is 9.78 Å². The number of nitrogens with zero attached hydrogens (tertiary/aromatic N) is 2. The third-order valence-electron chi connectivity index (χ3n) is 2.70. The lowest BCUT2D eigenvalue weighted by atomic mass is 10.2. The van der Waals surface area contributed by atoms with E-state index in [9.17, 15) is 9.59 Å². The second-order valence-corrected chi connectivity index (χ2v) is 4.48. The van der Waals surface area contributed by atoms with E-state index >= 15 is 0 Å². The van der Waals surface area contributed by atoms with Gasteiger partial charge in [0, 0.05) is 26.4 Å². The van der Waals surface area contributed by atoms with E-state index in [-0.39, 0.29) is 22.9 Å². The molecule has 0 fully saturated rings. The predicted molar refractivity (Wildman–Crippen MR) is 75.7 cm³/mol. The van der Waals surface area contributed by atoms with Crippen LogP contribution in [-0.2, 0) is 0 Å². The Bertz CT molecular complexity index is 683. The number of rotatable bonds is 4. The number of benzene rings is 1. The van der Waals surface area contributed by atoms with E-state index in [2.05, 4.69) is 4.98 Å². The molecule has 0 radical (unpaired) electrons. The average molecular weight is 286 g/mol. The molecule has 1 amide bonds. The standard InChI is InChI=1S/C15H14N2O4/c1-17(2)14(18)12-9-10(7-8-16-12)21-13-6-4-3-5-11(13)15(19)20/h3-9H,1-2H3,(H,19,20). The number of pyridine rings is 1. The van der Waals surface area contributed by atoms with Gasteiger partial charge in [-0.2, -0.15) is 0 Å². The van der Waals surface area contributed by atoms with Gasteiger partial charge in [0.2, 0.25) is 0 Å². The number of hydrogen-bond donors (Lipinski definition) is 1. The maximum absolute atomic E-state index is 11.8. The van der Waals surface area contributed by atoms with E-state index in [1.807, 2.05) is 0 Å². The van der Waals surface area contributed by atoms with Gasteiger partial charge in [-0.1, -0.05) is 12.1 Å². The SMILES string of the molecule is CN(C)C(=O)c1cc(Oc2ccccc2C(=O)O)ccn1. The molecular formula is C15H14N2O4. The first-order valence-electron chi connectivity index (χ1n) is 6.17. The fourth-order valence-electron chi connectivity index (χ4n) is 1.68. The van der Waals surface area contributed by atoms with Crippen molar-refractivity contribution in [3.63, 3.8) is 0 Å². The lowest BCUT2D eigenvalue weighted by Gasteiger charge is -2.11. The van der Waals surface area contributed by atoms with Gasteiger partial charge in [0.15, 0.2) is 0 Å². The first kappa shape index (κ1) is 14.5. The molecule has 0 spiro atoms. The van der Waals surface area contributed by atoms with E-state index < -0.39 is 5.97 Å². The summed E-state index contributed by atoms with van der Waals surface area (Å²) in [4.78, 5) is 28.3. The van der Waals surface area contributed by atoms with E-state index in [0.717, 1.165) is 0 Å². The fraction of sp³-hybridized carbons (Fsp3) is 0.133. The van der Waals surface area contributed by atoms with Gasteiger partial charge in [-0.15, -0.1) is 0 Å². The highest BCUT2D eigenvalue weighted by Crippen LogP contribution is 2.25. The first-order chi connectivity index (χ1) is 9.99. The highest BCUT2D eigenvalue weighted by Gasteiger charge is 2.13. The molecule has 0 saturated heterocycles. The number of carbonyl (C=O) groups excluding carboxylic acids is 1. The van der Waals surface area contributed by atoms with Crippen LogP contribution in [0.5, 0.6) is 11.5 Å². The minimum absolute atomic E-state index is 0.0507. The van der Waals surface area contributed by atoms with Gasteiger partial charge in [-0.05, 0) is 18.2 Å². The van der Waals surface area contributed by atoms with E-state index in [0.29, 0.717) is 5.75 Å². The van der Waals surface area contributed by atoms with Crippen molar-refractivity contribution >= 4 is 11.9 Å². The highest BCUT2D eigenvalue weighted by molar-refractivity contribution is 5.92. The van der Waals surface area contributed by atoms with Gasteiger partial charge >= 0.3 is 5.97 Å². The number of carboxylic acid groups (broad SMARTS) is 1. The monoisotopic (exact) mass is 286 g/mol. The molecule has 1 aromatic carbocycles. The second-order valence-electron chi connectivity index (χ2n) is 4.48. The minimum Gasteiger partial charge on any atom is -0.478 e. The Labute approximate surface area is 121 Å². The Morgan fingerprint density at radius 3 is 2.57 bits per heavy atom. The van der Waals surface area contributed by atoms with Crippen molar-refractivity contribution in [2.75, 3.05) is 14.1 Å². The van der Waals surface area contributed by atoms with Crippen LogP contribution in [0.1, 0.15) is 20.8 Å². The zero-order chi connectivity index (χ0) is 15.4. The van der Waals surface area contributed by atoms with Crippen molar-refractivity contribution in [2.24, 2.45) is 0 Å². The van der Waals surface area contributed by atoms with Gasteiger partial charge in [0.1, 0.15) is 22.8 Å². The summed E-state index contributed by atoms with van der Waals surface area (Å²) < 4.78 is 5.55. The van der Waals surface area contributed by atoms with Crippen molar-refractivity contribution in [1.82, 2.24) is 9.88 Å². The molecule has 0 saturated carbocycles. The molecule has 0 aliphatic carbocycles. The minimum atomic E-state index is -1.08. The van der Waals surface area contributed by atoms with Crippen molar-refractivity contribution in [1.29, 1.82) is 0 Å². The largest absolute Gasteiger partial charge is 0.478 e. The molecule has 0 bridgehead atoms. The molecule has 6 nitrogen and oxygen atoms in total. The molecule has 0 aliphatic heterocycles. The molecule has 1 heterocycles. The zero-order valence-electron chi connectivity index (χ0n) is 11.6. The van der Waals surface area contributed by atoms with Crippen molar-refractivity contribution < 1.29 is 19.4 Å². The second kappa shape index (κ2) is 6.04. The lowest BCUT2D eigenvalue weighted by Crippen LogP contribution is -2.22. The Morgan fingerprint density at radius 2 is 1.90 bits per heavy atom. The van der Waals surface area contributed by atoms with Gasteiger partial charge in [-0.25, -0.2) is 4.79 Å². The Morgan fingerprint density at radius 1 is 1.19 bits per heavy atom. The van der Waals surface area contributed by atoms with Crippen LogP contribution in [0.4, 0.5) is 0 Å². The molecule has 0 aliphatic rings. The summed E-state index contributed by atoms with van der Waals surface area (Å²) in [6.45, 7) is 0. The van der Waals surface area contributed by atoms with Crippen LogP contribution in [0.3, 0.4) is 0 Å². The number of ether oxygens (including phenoxy) is 1. The molecule has 2 rings (SSSR count). The zero-order valence-corrected chi connectivity index (χ0v) is 11.6. The molecule has 21 heavy (non-hydrogen) atoms. The number of para-hydroxylation sites is 1. The van der Waals surface area contributed by atoms with Crippen LogP contribution >= 0.6 is 0 Å². The van der Waals surface area contributed by atoms with Gasteiger partial charge in [0.25, 0.3) is 5.91 Å². The first-order valence-corrected chi connectivity index (χ1v) is 6.17. The summed E-state index contributed by atoms with van der Waals surface area (Å²) in [6.07, 6.45) is 1.44. The smallest absolute Gasteiger partial charge is 0.339 e. The number of hydrogen-bond acceptors (Lipinski definition) is 4. The Balaban J connectivity index is 2.31. The van der Waals surface area contributed by atoms with Crippen molar-refractivity contribution in [3.05, 3.63) is 53.9 Å². The van der Waals surface area contributed by atoms with E-state index in [4.69, 9.17) is 9.84 Å². The molecule has 2 aromatic rings. The number of carboxylic acids is 1. The highest BCUT2D eigenvalue weighted by atomic mass is 16.5. The summed E-state index contributed by atoms with van der Waals surface area (Å²) in [5, 5.41) is 9.11. The van der Waals surface area contributed by atoms with Crippen LogP contribution in [0, 0.1) is 0 Å². The van der Waals surface area contributed by atoms with Crippen LogP contribution in [0.25, 0.3) is 0 Å². The van der Waals surface area contributed by atoms with Crippen LogP contribution in [0.2, 0.25) is 0 Å². The molecule has 0 unspecified atom stereocenters. The maximum Gasteiger partial charge on any atom is 0.339 e. The third-order valence-corrected chi connectivity index (χ3v) is 2.70. The topological polar surface area (TPSA) is 79.7 Å². The lowest BCUT2D eigenvalue weighted by molar-refractivity contribution is 0.0693. The number of carbonyl (C=O) groups is 2. The van der Waals surface area contributed by atoms with Gasteiger partial charge in [0.05, 0.1) is 0 Å². The summed E-state index contributed by atoms with van der Waals surface area (Å²) in [5.74, 6) is -0.778. The number of amides is 1. The van der Waals surface area contributed by atoms with E-state index in [1.54, 1.807) is 38.4 Å². The molecule has 108 valence electrons. The Kier molecular flexibility index (Phi) is 4.18. The molecule has 6 heteroatoms. The Hall–Kier alpha value is -2.89. The van der Waals surface area contributed by atoms with Crippen LogP contribution < -0.4 is 4.74 Å². The number of aromatic nitrogens is 1. The fourth-order valence-corrected chi connectivity index (χ4v) is 1.68. The van der Waals surface area contributed by atoms with E-state index in [1.165, 1.54) is 23.2 Å². The van der Waals surface area contributed by atoms with Crippen LogP contribution in [0.15, 0.2) is 42.6 Å². The van der Waals surface area contributed by atoms with Crippen molar-refractivity contribution in [2.45, 2.75) is 0 Å². The summed E-state index contributed by atoms with van der Waals surface area (Å²) in [5.41, 5.74) is 0.278. The molecule has 1 N–H and O–H groups in total. The molecular weight excluding hydrogens is 272 g/mol. The van der Waals surface area contributed by atoms with Crippen LogP contribution in [-0.4, -0.2) is 41.0 Å². The average Bonchev–Trinajstić information content (AvgIpc) is 2.47. The predicted octanol–water partition coefficient (Wildman–Crippen LogP) is 2.27. The quantitative estimate of drug-likeness (QED) is 0.932.